The van der Waals surface area contributed by atoms with Crippen molar-refractivity contribution in [3.63, 3.8) is 0 Å². The number of hydrogen-bond donors (Lipinski definition) is 2. The van der Waals surface area contributed by atoms with Crippen LogP contribution in [0.15, 0.2) is 54.2 Å². The fourth-order valence-corrected chi connectivity index (χ4v) is 2.32. The minimum Gasteiger partial charge on any atom is -0.353 e. The normalized spacial score (nSPS) is 10.7. The van der Waals surface area contributed by atoms with E-state index in [2.05, 4.69) is 27.3 Å². The van der Waals surface area contributed by atoms with Crippen LogP contribution in [0.1, 0.15) is 5.56 Å². The molecule has 0 radical (unpaired) electrons. The minimum atomic E-state index is -0.0237. The van der Waals surface area contributed by atoms with Gasteiger partial charge in [0.25, 0.3) is 0 Å². The summed E-state index contributed by atoms with van der Waals surface area (Å²) in [5.41, 5.74) is 2.97. The predicted octanol–water partition coefficient (Wildman–Crippen LogP) is 2.01. The quantitative estimate of drug-likeness (QED) is 0.274. The number of aryl methyl sites for hydroxylation is 1. The second-order valence-corrected chi connectivity index (χ2v) is 6.02. The number of aromatic nitrogens is 2. The van der Waals surface area contributed by atoms with E-state index in [1.165, 1.54) is 4.90 Å². The molecule has 2 N–H and O–H groups in total. The van der Waals surface area contributed by atoms with E-state index in [0.717, 1.165) is 16.8 Å². The molecule has 7 nitrogen and oxygen atoms in total. The van der Waals surface area contributed by atoms with E-state index in [1.807, 2.05) is 43.6 Å². The average Bonchev–Trinajstić information content (AvgIpc) is 3.02. The summed E-state index contributed by atoms with van der Waals surface area (Å²) in [6.45, 7) is 4.87. The predicted molar refractivity (Wildman–Crippen MR) is 120 cm³/mol. The second-order valence-electron chi connectivity index (χ2n) is 6.02. The van der Waals surface area contributed by atoms with Gasteiger partial charge in [0.15, 0.2) is 5.96 Å². The van der Waals surface area contributed by atoms with E-state index in [1.54, 1.807) is 24.9 Å². The fourth-order valence-electron chi connectivity index (χ4n) is 2.32. The van der Waals surface area contributed by atoms with Gasteiger partial charge in [-0.25, -0.2) is 4.99 Å². The van der Waals surface area contributed by atoms with Crippen molar-refractivity contribution in [1.82, 2.24) is 25.3 Å². The molecule has 1 heterocycles. The van der Waals surface area contributed by atoms with Crippen molar-refractivity contribution in [2.75, 3.05) is 27.2 Å². The molecule has 27 heavy (non-hydrogen) atoms. The zero-order chi connectivity index (χ0) is 18.9. The van der Waals surface area contributed by atoms with Gasteiger partial charge in [0, 0.05) is 45.0 Å². The molecule has 0 aliphatic carbocycles. The summed E-state index contributed by atoms with van der Waals surface area (Å²) >= 11 is 0. The lowest BCUT2D eigenvalue weighted by atomic mass is 10.1. The largest absolute Gasteiger partial charge is 0.353 e. The van der Waals surface area contributed by atoms with Crippen LogP contribution in [0.25, 0.3) is 11.3 Å². The standard InChI is InChI=1S/C19H26N6O.HI/c1-5-11-20-19(22-13-17(26)24(2)3)21-12-16-14-25(4)23-18(16)15-9-7-6-8-10-15;/h5-10,14H,1,11-13H2,2-4H3,(H2,20,21,22);1H. The lowest BCUT2D eigenvalue weighted by Gasteiger charge is -2.14. The molecule has 146 valence electrons. The van der Waals surface area contributed by atoms with Gasteiger partial charge in [-0.2, -0.15) is 5.10 Å². The smallest absolute Gasteiger partial charge is 0.241 e. The molecule has 2 aromatic rings. The first-order valence-electron chi connectivity index (χ1n) is 8.42. The molecule has 0 spiro atoms. The highest BCUT2D eigenvalue weighted by Gasteiger charge is 2.10. The molecular weight excluding hydrogens is 455 g/mol. The number of halogens is 1. The maximum atomic E-state index is 11.8. The van der Waals surface area contributed by atoms with Crippen molar-refractivity contribution in [1.29, 1.82) is 0 Å². The van der Waals surface area contributed by atoms with Crippen LogP contribution in [0.2, 0.25) is 0 Å². The van der Waals surface area contributed by atoms with Crippen LogP contribution >= 0.6 is 24.0 Å². The van der Waals surface area contributed by atoms with Crippen LogP contribution < -0.4 is 10.6 Å². The molecule has 0 saturated carbocycles. The summed E-state index contributed by atoms with van der Waals surface area (Å²) in [6.07, 6.45) is 3.70. The number of benzene rings is 1. The van der Waals surface area contributed by atoms with Crippen molar-refractivity contribution in [2.45, 2.75) is 6.54 Å². The number of amides is 1. The fraction of sp³-hybridized carbons (Fsp3) is 0.316. The van der Waals surface area contributed by atoms with Crippen LogP contribution in [0.3, 0.4) is 0 Å². The van der Waals surface area contributed by atoms with Gasteiger partial charge in [-0.1, -0.05) is 36.4 Å². The Labute approximate surface area is 177 Å². The van der Waals surface area contributed by atoms with Gasteiger partial charge < -0.3 is 15.5 Å². The molecule has 1 aromatic heterocycles. The summed E-state index contributed by atoms with van der Waals surface area (Å²) in [6, 6.07) is 10.0. The number of carbonyl (C=O) groups excluding carboxylic acids is 1. The van der Waals surface area contributed by atoms with Gasteiger partial charge in [0.05, 0.1) is 18.8 Å². The molecule has 0 atom stereocenters. The lowest BCUT2D eigenvalue weighted by molar-refractivity contribution is -0.127. The van der Waals surface area contributed by atoms with E-state index < -0.39 is 0 Å². The third-order valence-electron chi connectivity index (χ3n) is 3.68. The summed E-state index contributed by atoms with van der Waals surface area (Å²) in [5, 5.41) is 10.7. The molecule has 1 amide bonds. The highest BCUT2D eigenvalue weighted by atomic mass is 127. The van der Waals surface area contributed by atoms with Gasteiger partial charge in [-0.3, -0.25) is 9.48 Å². The van der Waals surface area contributed by atoms with E-state index >= 15 is 0 Å². The van der Waals surface area contributed by atoms with E-state index in [-0.39, 0.29) is 36.4 Å². The number of nitrogens with one attached hydrogen (secondary N) is 2. The van der Waals surface area contributed by atoms with Gasteiger partial charge in [0.1, 0.15) is 0 Å². The number of hydrogen-bond acceptors (Lipinski definition) is 3. The molecular formula is C19H27IN6O. The number of carbonyl (C=O) groups is 1. The third-order valence-corrected chi connectivity index (χ3v) is 3.68. The number of guanidine groups is 1. The van der Waals surface area contributed by atoms with Crippen LogP contribution in [0.5, 0.6) is 0 Å². The topological polar surface area (TPSA) is 74.5 Å². The molecule has 0 bridgehead atoms. The maximum Gasteiger partial charge on any atom is 0.241 e. The minimum absolute atomic E-state index is 0. The summed E-state index contributed by atoms with van der Waals surface area (Å²) in [4.78, 5) is 17.9. The highest BCUT2D eigenvalue weighted by molar-refractivity contribution is 14.0. The summed E-state index contributed by atoms with van der Waals surface area (Å²) < 4.78 is 1.78. The molecule has 0 fully saturated rings. The van der Waals surface area contributed by atoms with Crippen molar-refractivity contribution < 1.29 is 4.79 Å². The van der Waals surface area contributed by atoms with Crippen LogP contribution in [-0.2, 0) is 18.4 Å². The van der Waals surface area contributed by atoms with Gasteiger partial charge >= 0.3 is 0 Å². The average molecular weight is 482 g/mol. The van der Waals surface area contributed by atoms with Gasteiger partial charge in [-0.05, 0) is 0 Å². The van der Waals surface area contributed by atoms with E-state index in [4.69, 9.17) is 0 Å². The number of nitrogens with zero attached hydrogens (tertiary/aromatic N) is 4. The Hall–Kier alpha value is -2.36. The molecule has 8 heteroatoms. The van der Waals surface area contributed by atoms with E-state index in [9.17, 15) is 4.79 Å². The molecule has 0 aliphatic heterocycles. The Bertz CT molecular complexity index is 770. The molecule has 0 unspecified atom stereocenters. The Morgan fingerprint density at radius 3 is 2.63 bits per heavy atom. The molecule has 0 saturated heterocycles. The van der Waals surface area contributed by atoms with Crippen molar-refractivity contribution in [3.8, 4) is 11.3 Å². The number of likely N-dealkylation sites (N-methyl/N-ethyl adjacent to an activating group) is 1. The lowest BCUT2D eigenvalue weighted by Crippen LogP contribution is -2.43. The number of aliphatic imine (C=N–C) groups is 1. The third kappa shape index (κ3) is 7.05. The van der Waals surface area contributed by atoms with Crippen molar-refractivity contribution >= 4 is 35.8 Å². The van der Waals surface area contributed by atoms with Gasteiger partial charge in [0.2, 0.25) is 5.91 Å². The first-order chi connectivity index (χ1) is 12.5. The van der Waals surface area contributed by atoms with Crippen molar-refractivity contribution in [2.24, 2.45) is 12.0 Å². The van der Waals surface area contributed by atoms with Gasteiger partial charge in [-0.15, -0.1) is 30.6 Å². The Morgan fingerprint density at radius 2 is 2.00 bits per heavy atom. The Kier molecular flexibility index (Phi) is 9.55. The van der Waals surface area contributed by atoms with Crippen molar-refractivity contribution in [3.05, 3.63) is 54.7 Å². The highest BCUT2D eigenvalue weighted by Crippen LogP contribution is 2.22. The van der Waals surface area contributed by atoms with E-state index in [0.29, 0.717) is 19.0 Å². The first kappa shape index (κ1) is 22.7. The van der Waals surface area contributed by atoms with Crippen LogP contribution in [0.4, 0.5) is 0 Å². The molecule has 1 aromatic carbocycles. The zero-order valence-corrected chi connectivity index (χ0v) is 18.3. The zero-order valence-electron chi connectivity index (χ0n) is 16.0. The summed E-state index contributed by atoms with van der Waals surface area (Å²) in [7, 11) is 5.34. The molecule has 2 rings (SSSR count). The second kappa shape index (κ2) is 11.4. The van der Waals surface area contributed by atoms with Crippen LogP contribution in [-0.4, -0.2) is 53.7 Å². The monoisotopic (exact) mass is 482 g/mol. The van der Waals surface area contributed by atoms with Crippen LogP contribution in [0, 0.1) is 0 Å². The SMILES string of the molecule is C=CCNC(=NCc1cn(C)nc1-c1ccccc1)NCC(=O)N(C)C.I. The Morgan fingerprint density at radius 1 is 1.30 bits per heavy atom. The maximum absolute atomic E-state index is 11.8. The molecule has 0 aliphatic rings. The first-order valence-corrected chi connectivity index (χ1v) is 8.42. The number of rotatable bonds is 7. The summed E-state index contributed by atoms with van der Waals surface area (Å²) in [5.74, 6) is 0.535. The Balaban J connectivity index is 0.00000364.